The maximum atomic E-state index is 4.53. The largest absolute Gasteiger partial charge is 0.339 e. The molecule has 0 atom stereocenters. The van der Waals surface area contributed by atoms with Gasteiger partial charge >= 0.3 is 0 Å². The lowest BCUT2D eigenvalue weighted by molar-refractivity contribution is 0.669. The molecule has 0 aliphatic carbocycles. The molecular weight excluding hydrogens is 184 g/mol. The third kappa shape index (κ3) is 1.94. The van der Waals surface area contributed by atoms with Crippen LogP contribution in [-0.2, 0) is 0 Å². The fourth-order valence-electron chi connectivity index (χ4n) is 1.80. The fourth-order valence-corrected chi connectivity index (χ4v) is 1.80. The van der Waals surface area contributed by atoms with Gasteiger partial charge in [-0.15, -0.1) is 0 Å². The van der Waals surface area contributed by atoms with E-state index in [4.69, 9.17) is 0 Å². The van der Waals surface area contributed by atoms with Gasteiger partial charge in [-0.2, -0.15) is 0 Å². The Morgan fingerprint density at radius 3 is 2.47 bits per heavy atom. The van der Waals surface area contributed by atoms with Crippen LogP contribution in [-0.4, -0.2) is 17.8 Å². The average molecular weight is 200 g/mol. The van der Waals surface area contributed by atoms with Crippen molar-refractivity contribution < 1.29 is 0 Å². The summed E-state index contributed by atoms with van der Waals surface area (Å²) in [6.45, 7) is 4.32. The maximum absolute atomic E-state index is 4.53. The van der Waals surface area contributed by atoms with Gasteiger partial charge in [0.1, 0.15) is 5.84 Å². The van der Waals surface area contributed by atoms with E-state index in [2.05, 4.69) is 55.2 Å². The first kappa shape index (κ1) is 9.97. The van der Waals surface area contributed by atoms with Gasteiger partial charge in [-0.1, -0.05) is 38.1 Å². The zero-order valence-corrected chi connectivity index (χ0v) is 9.44. The quantitative estimate of drug-likeness (QED) is 0.664. The first-order valence-corrected chi connectivity index (χ1v) is 5.26. The summed E-state index contributed by atoms with van der Waals surface area (Å²) in [5.74, 6) is 1.54. The zero-order chi connectivity index (χ0) is 10.8. The smallest absolute Gasteiger partial charge is 0.110 e. The van der Waals surface area contributed by atoms with Crippen LogP contribution in [0.2, 0.25) is 0 Å². The standard InChI is InChI=1S/C13H16N2/c1-10(2)13-14-8-11-6-4-5-7-12(11)9-15(13)3/h4-10H,1-3H3. The minimum atomic E-state index is 0.441. The highest BCUT2D eigenvalue weighted by molar-refractivity contribution is 5.89. The number of nitrogens with zero attached hydrogens (tertiary/aromatic N) is 2. The van der Waals surface area contributed by atoms with Gasteiger partial charge in [-0.3, -0.25) is 0 Å². The summed E-state index contributed by atoms with van der Waals surface area (Å²) in [4.78, 5) is 6.64. The molecule has 0 unspecified atom stereocenters. The second-order valence-corrected chi connectivity index (χ2v) is 4.14. The first-order valence-electron chi connectivity index (χ1n) is 5.26. The SMILES string of the molecule is CC(C)C1=NC=c2ccccc2=CN1C. The number of aliphatic imine (C=N–C) groups is 1. The van der Waals surface area contributed by atoms with Crippen molar-refractivity contribution in [2.45, 2.75) is 13.8 Å². The number of fused-ring (bicyclic) bond motifs is 1. The highest BCUT2D eigenvalue weighted by Gasteiger charge is 2.09. The first-order chi connectivity index (χ1) is 7.18. The van der Waals surface area contributed by atoms with Crippen LogP contribution in [0, 0.1) is 5.92 Å². The van der Waals surface area contributed by atoms with Crippen molar-refractivity contribution in [2.24, 2.45) is 10.9 Å². The van der Waals surface area contributed by atoms with Crippen LogP contribution in [0.15, 0.2) is 29.3 Å². The molecule has 0 aromatic heterocycles. The van der Waals surface area contributed by atoms with Crippen molar-refractivity contribution >= 4 is 18.2 Å². The zero-order valence-electron chi connectivity index (χ0n) is 9.44. The van der Waals surface area contributed by atoms with Crippen LogP contribution in [0.3, 0.4) is 0 Å². The molecule has 0 bridgehead atoms. The van der Waals surface area contributed by atoms with Crippen LogP contribution in [0.1, 0.15) is 13.8 Å². The third-order valence-electron chi connectivity index (χ3n) is 2.54. The van der Waals surface area contributed by atoms with Crippen molar-refractivity contribution in [2.75, 3.05) is 7.05 Å². The molecule has 2 rings (SSSR count). The van der Waals surface area contributed by atoms with Crippen molar-refractivity contribution in [1.29, 1.82) is 0 Å². The van der Waals surface area contributed by atoms with Gasteiger partial charge in [0.05, 0.1) is 0 Å². The molecule has 0 spiro atoms. The summed E-state index contributed by atoms with van der Waals surface area (Å²) in [6, 6.07) is 8.30. The summed E-state index contributed by atoms with van der Waals surface area (Å²) >= 11 is 0. The van der Waals surface area contributed by atoms with E-state index in [1.807, 2.05) is 12.3 Å². The number of hydrogen-bond acceptors (Lipinski definition) is 2. The molecule has 15 heavy (non-hydrogen) atoms. The molecule has 1 aromatic rings. The Labute approximate surface area is 90.3 Å². The van der Waals surface area contributed by atoms with Crippen LogP contribution in [0.4, 0.5) is 0 Å². The topological polar surface area (TPSA) is 15.6 Å². The van der Waals surface area contributed by atoms with Crippen molar-refractivity contribution in [1.82, 2.24) is 4.90 Å². The maximum Gasteiger partial charge on any atom is 0.110 e. The molecule has 2 heteroatoms. The molecule has 78 valence electrons. The molecular formula is C13H16N2. The van der Waals surface area contributed by atoms with Crippen LogP contribution in [0.25, 0.3) is 12.4 Å². The lowest BCUT2D eigenvalue weighted by Crippen LogP contribution is -2.29. The number of rotatable bonds is 1. The average Bonchev–Trinajstić information content (AvgIpc) is 2.35. The van der Waals surface area contributed by atoms with Gasteiger partial charge in [0.2, 0.25) is 0 Å². The molecule has 2 nitrogen and oxygen atoms in total. The Kier molecular flexibility index (Phi) is 2.58. The van der Waals surface area contributed by atoms with E-state index in [0.29, 0.717) is 5.92 Å². The van der Waals surface area contributed by atoms with E-state index in [0.717, 1.165) is 5.84 Å². The summed E-state index contributed by atoms with van der Waals surface area (Å²) < 4.78 is 0. The molecule has 0 fully saturated rings. The lowest BCUT2D eigenvalue weighted by atomic mass is 10.2. The van der Waals surface area contributed by atoms with E-state index >= 15 is 0 Å². The number of benzene rings is 1. The highest BCUT2D eigenvalue weighted by Crippen LogP contribution is 2.04. The van der Waals surface area contributed by atoms with Gasteiger partial charge in [0.25, 0.3) is 0 Å². The molecule has 0 radical (unpaired) electrons. The van der Waals surface area contributed by atoms with E-state index < -0.39 is 0 Å². The monoisotopic (exact) mass is 200 g/mol. The van der Waals surface area contributed by atoms with E-state index in [1.165, 1.54) is 10.4 Å². The van der Waals surface area contributed by atoms with Gasteiger partial charge in [0.15, 0.2) is 0 Å². The Bertz CT molecular complexity index is 498. The molecule has 0 saturated heterocycles. The minimum Gasteiger partial charge on any atom is -0.339 e. The van der Waals surface area contributed by atoms with Gasteiger partial charge in [-0.05, 0) is 5.22 Å². The van der Waals surface area contributed by atoms with E-state index in [-0.39, 0.29) is 0 Å². The third-order valence-corrected chi connectivity index (χ3v) is 2.54. The van der Waals surface area contributed by atoms with Gasteiger partial charge < -0.3 is 4.90 Å². The number of hydrogen-bond donors (Lipinski definition) is 0. The van der Waals surface area contributed by atoms with E-state index in [9.17, 15) is 0 Å². The Balaban J connectivity index is 2.60. The van der Waals surface area contributed by atoms with Crippen LogP contribution < -0.4 is 10.4 Å². The van der Waals surface area contributed by atoms with Crippen LogP contribution in [0.5, 0.6) is 0 Å². The Hall–Kier alpha value is -1.57. The minimum absolute atomic E-state index is 0.441. The lowest BCUT2D eigenvalue weighted by Gasteiger charge is -2.18. The predicted molar refractivity (Wildman–Crippen MR) is 64.7 cm³/mol. The van der Waals surface area contributed by atoms with Gasteiger partial charge in [-0.25, -0.2) is 4.99 Å². The molecule has 1 aromatic carbocycles. The summed E-state index contributed by atoms with van der Waals surface area (Å²) in [7, 11) is 2.05. The molecule has 0 N–H and O–H groups in total. The van der Waals surface area contributed by atoms with E-state index in [1.54, 1.807) is 0 Å². The predicted octanol–water partition coefficient (Wildman–Crippen LogP) is 1.16. The fraction of sp³-hybridized carbons (Fsp3) is 0.308. The molecule has 0 amide bonds. The molecule has 0 saturated carbocycles. The van der Waals surface area contributed by atoms with Crippen molar-refractivity contribution in [3.05, 3.63) is 34.7 Å². The molecule has 1 heterocycles. The second-order valence-electron chi connectivity index (χ2n) is 4.14. The normalized spacial score (nSPS) is 14.9. The highest BCUT2D eigenvalue weighted by atomic mass is 15.1. The summed E-state index contributed by atoms with van der Waals surface area (Å²) in [6.07, 6.45) is 4.09. The van der Waals surface area contributed by atoms with Crippen molar-refractivity contribution in [3.8, 4) is 0 Å². The van der Waals surface area contributed by atoms with Crippen LogP contribution >= 0.6 is 0 Å². The van der Waals surface area contributed by atoms with Gasteiger partial charge in [0, 0.05) is 30.6 Å². The second kappa shape index (κ2) is 3.89. The number of amidine groups is 1. The summed E-state index contributed by atoms with van der Waals surface area (Å²) in [5.41, 5.74) is 0. The summed E-state index contributed by atoms with van der Waals surface area (Å²) in [5, 5.41) is 2.40. The molecule has 1 aliphatic rings. The molecule has 1 aliphatic heterocycles. The Morgan fingerprint density at radius 1 is 1.13 bits per heavy atom. The Morgan fingerprint density at radius 2 is 1.80 bits per heavy atom. The van der Waals surface area contributed by atoms with Crippen molar-refractivity contribution in [3.63, 3.8) is 0 Å².